The molecule has 0 bridgehead atoms. The van der Waals surface area contributed by atoms with Gasteiger partial charge < -0.3 is 0 Å². The number of rotatable bonds is 0. The number of hydrogen-bond donors (Lipinski definition) is 0. The maximum atomic E-state index is 12.1. The fraction of sp³-hybridized carbons (Fsp3) is 0.286. The average molecular weight is 196 g/mol. The van der Waals surface area contributed by atoms with Crippen LogP contribution in [-0.4, -0.2) is 4.98 Å². The normalized spacial score (nSPS) is 11.8. The first kappa shape index (κ1) is 9.32. The molecule has 0 fully saturated rings. The van der Waals surface area contributed by atoms with Crippen LogP contribution in [-0.2, 0) is 6.18 Å². The highest BCUT2D eigenvalue weighted by Gasteiger charge is 2.33. The van der Waals surface area contributed by atoms with Gasteiger partial charge in [-0.05, 0) is 12.5 Å². The molecule has 1 rings (SSSR count). The van der Waals surface area contributed by atoms with Gasteiger partial charge in [-0.15, -0.1) is 0 Å². The highest BCUT2D eigenvalue weighted by Crippen LogP contribution is 2.33. The molecular weight excluding hydrogens is 191 g/mol. The number of halogens is 4. The minimum Gasteiger partial charge on any atom is -0.263 e. The summed E-state index contributed by atoms with van der Waals surface area (Å²) in [4.78, 5) is 3.36. The van der Waals surface area contributed by atoms with Crippen molar-refractivity contribution in [2.24, 2.45) is 0 Å². The molecule has 0 N–H and O–H groups in total. The number of aromatic nitrogens is 1. The molecule has 66 valence electrons. The van der Waals surface area contributed by atoms with Crippen molar-refractivity contribution in [2.45, 2.75) is 13.1 Å². The van der Waals surface area contributed by atoms with Crippen LogP contribution in [0, 0.1) is 6.92 Å². The van der Waals surface area contributed by atoms with Gasteiger partial charge in [0.2, 0.25) is 0 Å². The van der Waals surface area contributed by atoms with E-state index in [2.05, 4.69) is 4.98 Å². The van der Waals surface area contributed by atoms with E-state index in [-0.39, 0.29) is 10.6 Å². The molecule has 0 saturated heterocycles. The summed E-state index contributed by atoms with van der Waals surface area (Å²) in [7, 11) is 0. The molecule has 0 aliphatic carbocycles. The highest BCUT2D eigenvalue weighted by atomic mass is 35.5. The van der Waals surface area contributed by atoms with Crippen molar-refractivity contribution in [2.75, 3.05) is 0 Å². The topological polar surface area (TPSA) is 12.9 Å². The molecule has 0 unspecified atom stereocenters. The summed E-state index contributed by atoms with van der Waals surface area (Å²) in [5, 5.41) is 0.0322. The average Bonchev–Trinajstić information content (AvgIpc) is 1.92. The van der Waals surface area contributed by atoms with Gasteiger partial charge in [0.05, 0.1) is 10.6 Å². The number of nitrogens with zero attached hydrogens (tertiary/aromatic N) is 1. The molecule has 0 amide bonds. The molecule has 12 heavy (non-hydrogen) atoms. The van der Waals surface area contributed by atoms with Crippen molar-refractivity contribution in [1.29, 1.82) is 0 Å². The Balaban J connectivity index is 3.26. The second-order valence-corrected chi connectivity index (χ2v) is 2.70. The zero-order valence-corrected chi connectivity index (χ0v) is 6.87. The van der Waals surface area contributed by atoms with E-state index >= 15 is 0 Å². The van der Waals surface area contributed by atoms with Crippen LogP contribution in [0.1, 0.15) is 11.1 Å². The van der Waals surface area contributed by atoms with Crippen LogP contribution in [0.5, 0.6) is 0 Å². The molecule has 1 heterocycles. The van der Waals surface area contributed by atoms with E-state index in [1.54, 1.807) is 0 Å². The summed E-state index contributed by atoms with van der Waals surface area (Å²) in [5.41, 5.74) is -0.769. The number of hydrogen-bond acceptors (Lipinski definition) is 1. The van der Waals surface area contributed by atoms with Crippen LogP contribution in [0.15, 0.2) is 12.4 Å². The Morgan fingerprint density at radius 3 is 2.33 bits per heavy atom. The van der Waals surface area contributed by atoms with Crippen LogP contribution >= 0.6 is 11.6 Å². The van der Waals surface area contributed by atoms with Gasteiger partial charge in [0, 0.05) is 12.4 Å². The fourth-order valence-electron chi connectivity index (χ4n) is 0.785. The predicted molar refractivity (Wildman–Crippen MR) is 39.0 cm³/mol. The van der Waals surface area contributed by atoms with Crippen LogP contribution in [0.2, 0.25) is 5.02 Å². The van der Waals surface area contributed by atoms with Gasteiger partial charge in [-0.1, -0.05) is 11.6 Å². The molecule has 0 aliphatic heterocycles. The molecule has 0 saturated carbocycles. The van der Waals surface area contributed by atoms with Crippen LogP contribution in [0.3, 0.4) is 0 Å². The van der Waals surface area contributed by atoms with Gasteiger partial charge in [0.15, 0.2) is 0 Å². The lowest BCUT2D eigenvalue weighted by Gasteiger charge is -2.09. The maximum absolute atomic E-state index is 12.1. The molecule has 0 aromatic carbocycles. The molecule has 1 nitrogen and oxygen atoms in total. The zero-order chi connectivity index (χ0) is 9.35. The van der Waals surface area contributed by atoms with Crippen molar-refractivity contribution in [1.82, 2.24) is 4.98 Å². The van der Waals surface area contributed by atoms with E-state index < -0.39 is 11.7 Å². The molecule has 0 aliphatic rings. The van der Waals surface area contributed by atoms with E-state index in [0.29, 0.717) is 0 Å². The van der Waals surface area contributed by atoms with Crippen molar-refractivity contribution in [3.8, 4) is 0 Å². The maximum Gasteiger partial charge on any atom is 0.418 e. The van der Waals surface area contributed by atoms with Crippen LogP contribution in [0.25, 0.3) is 0 Å². The van der Waals surface area contributed by atoms with E-state index in [9.17, 15) is 13.2 Å². The lowest BCUT2D eigenvalue weighted by molar-refractivity contribution is -0.138. The van der Waals surface area contributed by atoms with Crippen LogP contribution in [0.4, 0.5) is 13.2 Å². The Labute approximate surface area is 72.2 Å². The van der Waals surface area contributed by atoms with E-state index in [4.69, 9.17) is 11.6 Å². The Bertz CT molecular complexity index is 295. The Morgan fingerprint density at radius 1 is 1.33 bits per heavy atom. The quantitative estimate of drug-likeness (QED) is 0.620. The Morgan fingerprint density at radius 2 is 1.92 bits per heavy atom. The van der Waals surface area contributed by atoms with E-state index in [0.717, 1.165) is 6.20 Å². The molecule has 0 radical (unpaired) electrons. The molecular formula is C7H5ClF3N. The van der Waals surface area contributed by atoms with Gasteiger partial charge in [0.1, 0.15) is 0 Å². The third kappa shape index (κ3) is 1.69. The minimum atomic E-state index is -4.37. The summed E-state index contributed by atoms with van der Waals surface area (Å²) in [6, 6.07) is 0. The van der Waals surface area contributed by atoms with Gasteiger partial charge in [-0.2, -0.15) is 13.2 Å². The van der Waals surface area contributed by atoms with Gasteiger partial charge in [-0.3, -0.25) is 4.98 Å². The molecule has 0 atom stereocenters. The minimum absolute atomic E-state index is 0.0131. The fourth-order valence-corrected chi connectivity index (χ4v) is 0.943. The second kappa shape index (κ2) is 2.94. The Kier molecular flexibility index (Phi) is 2.28. The monoisotopic (exact) mass is 195 g/mol. The Hall–Kier alpha value is -0.770. The lowest BCUT2D eigenvalue weighted by atomic mass is 10.1. The summed E-state index contributed by atoms with van der Waals surface area (Å²) in [6.45, 7) is 1.31. The van der Waals surface area contributed by atoms with E-state index in [1.807, 2.05) is 0 Å². The van der Waals surface area contributed by atoms with Crippen molar-refractivity contribution >= 4 is 11.6 Å². The van der Waals surface area contributed by atoms with Crippen molar-refractivity contribution < 1.29 is 13.2 Å². The number of alkyl halides is 3. The van der Waals surface area contributed by atoms with Gasteiger partial charge in [-0.25, -0.2) is 0 Å². The predicted octanol–water partition coefficient (Wildman–Crippen LogP) is 3.06. The first-order valence-electron chi connectivity index (χ1n) is 3.10. The summed E-state index contributed by atoms with van der Waals surface area (Å²) < 4.78 is 36.4. The smallest absolute Gasteiger partial charge is 0.263 e. The second-order valence-electron chi connectivity index (χ2n) is 2.29. The standard InChI is InChI=1S/C7H5ClF3N/c1-4-5(7(9,10)11)2-12-3-6(4)8/h2-3H,1H3. The summed E-state index contributed by atoms with van der Waals surface area (Å²) in [6.07, 6.45) is -2.42. The molecule has 0 spiro atoms. The SMILES string of the molecule is Cc1c(Cl)cncc1C(F)(F)F. The third-order valence-corrected chi connectivity index (χ3v) is 1.84. The van der Waals surface area contributed by atoms with Crippen molar-refractivity contribution in [3.63, 3.8) is 0 Å². The van der Waals surface area contributed by atoms with Crippen molar-refractivity contribution in [3.05, 3.63) is 28.5 Å². The lowest BCUT2D eigenvalue weighted by Crippen LogP contribution is -2.08. The van der Waals surface area contributed by atoms with Crippen LogP contribution < -0.4 is 0 Å². The first-order valence-corrected chi connectivity index (χ1v) is 3.48. The third-order valence-electron chi connectivity index (χ3n) is 1.46. The molecule has 1 aromatic rings. The highest BCUT2D eigenvalue weighted by molar-refractivity contribution is 6.31. The summed E-state index contributed by atoms with van der Waals surface area (Å²) >= 11 is 5.46. The molecule has 1 aromatic heterocycles. The van der Waals surface area contributed by atoms with Gasteiger partial charge in [0.25, 0.3) is 0 Å². The largest absolute Gasteiger partial charge is 0.418 e. The number of pyridine rings is 1. The zero-order valence-electron chi connectivity index (χ0n) is 6.11. The van der Waals surface area contributed by atoms with E-state index in [1.165, 1.54) is 13.1 Å². The first-order chi connectivity index (χ1) is 5.43. The molecule has 5 heteroatoms. The summed E-state index contributed by atoms with van der Waals surface area (Å²) in [5.74, 6) is 0. The van der Waals surface area contributed by atoms with Gasteiger partial charge >= 0.3 is 6.18 Å².